The fraction of sp³-hybridized carbons (Fsp3) is 0.588. The van der Waals surface area contributed by atoms with Crippen LogP contribution in [0, 0.1) is 5.41 Å². The molecule has 0 aromatic heterocycles. The van der Waals surface area contributed by atoms with Crippen LogP contribution in [-0.2, 0) is 4.79 Å². The van der Waals surface area contributed by atoms with Gasteiger partial charge in [0.05, 0.1) is 0 Å². The molecule has 1 aromatic carbocycles. The SMILES string of the molecule is CC(CCNC(=O)C(C)(C)C)c1ccc2c(c1)OCCO2. The van der Waals surface area contributed by atoms with Gasteiger partial charge in [0.2, 0.25) is 5.91 Å². The lowest BCUT2D eigenvalue weighted by Crippen LogP contribution is -2.35. The molecule has 116 valence electrons. The third-order valence-corrected chi connectivity index (χ3v) is 3.68. The van der Waals surface area contributed by atoms with Gasteiger partial charge in [-0.1, -0.05) is 33.8 Å². The van der Waals surface area contributed by atoms with Crippen LogP contribution in [0.3, 0.4) is 0 Å². The van der Waals surface area contributed by atoms with E-state index in [1.54, 1.807) is 0 Å². The number of hydrogen-bond acceptors (Lipinski definition) is 3. The Hall–Kier alpha value is -1.71. The molecule has 1 unspecified atom stereocenters. The highest BCUT2D eigenvalue weighted by Crippen LogP contribution is 2.33. The summed E-state index contributed by atoms with van der Waals surface area (Å²) in [6.45, 7) is 9.83. The van der Waals surface area contributed by atoms with E-state index in [1.807, 2.05) is 32.9 Å². The summed E-state index contributed by atoms with van der Waals surface area (Å²) >= 11 is 0. The van der Waals surface area contributed by atoms with Gasteiger partial charge < -0.3 is 14.8 Å². The first-order valence-electron chi connectivity index (χ1n) is 7.56. The highest BCUT2D eigenvalue weighted by atomic mass is 16.6. The lowest BCUT2D eigenvalue weighted by molar-refractivity contribution is -0.128. The van der Waals surface area contributed by atoms with Gasteiger partial charge in [-0.05, 0) is 30.0 Å². The molecule has 1 amide bonds. The topological polar surface area (TPSA) is 47.6 Å². The van der Waals surface area contributed by atoms with Gasteiger partial charge in [-0.15, -0.1) is 0 Å². The largest absolute Gasteiger partial charge is 0.486 e. The maximum absolute atomic E-state index is 11.8. The molecule has 1 aliphatic rings. The van der Waals surface area contributed by atoms with Crippen molar-refractivity contribution < 1.29 is 14.3 Å². The quantitative estimate of drug-likeness (QED) is 0.927. The highest BCUT2D eigenvalue weighted by molar-refractivity contribution is 5.81. The van der Waals surface area contributed by atoms with Crippen LogP contribution in [0.5, 0.6) is 11.5 Å². The van der Waals surface area contributed by atoms with E-state index in [2.05, 4.69) is 18.3 Å². The number of benzene rings is 1. The highest BCUT2D eigenvalue weighted by Gasteiger charge is 2.21. The molecule has 0 bridgehead atoms. The Morgan fingerprint density at radius 3 is 2.57 bits per heavy atom. The van der Waals surface area contributed by atoms with E-state index < -0.39 is 0 Å². The predicted octanol–water partition coefficient (Wildman–Crippen LogP) is 3.11. The molecule has 0 saturated heterocycles. The van der Waals surface area contributed by atoms with E-state index in [0.717, 1.165) is 17.9 Å². The summed E-state index contributed by atoms with van der Waals surface area (Å²) in [6.07, 6.45) is 0.904. The van der Waals surface area contributed by atoms with Crippen LogP contribution in [0.1, 0.15) is 45.6 Å². The second-order valence-electron chi connectivity index (χ2n) is 6.60. The smallest absolute Gasteiger partial charge is 0.225 e. The average Bonchev–Trinajstić information content (AvgIpc) is 2.45. The van der Waals surface area contributed by atoms with Crippen LogP contribution in [0.15, 0.2) is 18.2 Å². The Balaban J connectivity index is 1.89. The van der Waals surface area contributed by atoms with Crippen molar-refractivity contribution in [3.8, 4) is 11.5 Å². The first-order chi connectivity index (χ1) is 9.88. The molecule has 0 fully saturated rings. The Kier molecular flexibility index (Phi) is 4.76. The number of carbonyl (C=O) groups is 1. The van der Waals surface area contributed by atoms with Crippen LogP contribution in [0.2, 0.25) is 0 Å². The van der Waals surface area contributed by atoms with Crippen LogP contribution in [0.4, 0.5) is 0 Å². The summed E-state index contributed by atoms with van der Waals surface area (Å²) in [4.78, 5) is 11.8. The van der Waals surface area contributed by atoms with Gasteiger partial charge in [-0.3, -0.25) is 4.79 Å². The molecule has 0 radical (unpaired) electrons. The number of rotatable bonds is 4. The number of nitrogens with one attached hydrogen (secondary N) is 1. The van der Waals surface area contributed by atoms with Gasteiger partial charge in [-0.2, -0.15) is 0 Å². The van der Waals surface area contributed by atoms with Crippen molar-refractivity contribution in [1.29, 1.82) is 0 Å². The summed E-state index contributed by atoms with van der Waals surface area (Å²) in [7, 11) is 0. The maximum Gasteiger partial charge on any atom is 0.225 e. The Labute approximate surface area is 126 Å². The van der Waals surface area contributed by atoms with Gasteiger partial charge in [0.1, 0.15) is 13.2 Å². The van der Waals surface area contributed by atoms with E-state index in [4.69, 9.17) is 9.47 Å². The number of ether oxygens (including phenoxy) is 2. The van der Waals surface area contributed by atoms with Gasteiger partial charge in [-0.25, -0.2) is 0 Å². The van der Waals surface area contributed by atoms with Gasteiger partial charge in [0.25, 0.3) is 0 Å². The standard InChI is InChI=1S/C17H25NO3/c1-12(7-8-18-16(19)17(2,3)4)13-5-6-14-15(11-13)21-10-9-20-14/h5-6,11-12H,7-10H2,1-4H3,(H,18,19). The molecule has 0 saturated carbocycles. The molecule has 1 aliphatic heterocycles. The van der Waals surface area contributed by atoms with E-state index in [9.17, 15) is 4.79 Å². The minimum absolute atomic E-state index is 0.0943. The fourth-order valence-corrected chi connectivity index (χ4v) is 2.20. The number of amides is 1. The summed E-state index contributed by atoms with van der Waals surface area (Å²) in [5.74, 6) is 2.10. The zero-order valence-corrected chi connectivity index (χ0v) is 13.4. The third kappa shape index (κ3) is 4.13. The Morgan fingerprint density at radius 1 is 1.24 bits per heavy atom. The van der Waals surface area contributed by atoms with Crippen LogP contribution < -0.4 is 14.8 Å². The zero-order chi connectivity index (χ0) is 15.5. The molecule has 1 atom stereocenters. The number of fused-ring (bicyclic) bond motifs is 1. The number of carbonyl (C=O) groups excluding carboxylic acids is 1. The van der Waals surface area contributed by atoms with Crippen molar-refractivity contribution >= 4 is 5.91 Å². The predicted molar refractivity (Wildman–Crippen MR) is 82.9 cm³/mol. The summed E-state index contributed by atoms with van der Waals surface area (Å²) in [5.41, 5.74) is 0.879. The minimum atomic E-state index is -0.333. The molecule has 4 heteroatoms. The summed E-state index contributed by atoms with van der Waals surface area (Å²) in [6, 6.07) is 6.09. The Morgan fingerprint density at radius 2 is 1.90 bits per heavy atom. The molecule has 21 heavy (non-hydrogen) atoms. The summed E-state index contributed by atoms with van der Waals surface area (Å²) < 4.78 is 11.1. The molecule has 1 N–H and O–H groups in total. The van der Waals surface area contributed by atoms with Gasteiger partial charge >= 0.3 is 0 Å². The molecular weight excluding hydrogens is 266 g/mol. The first-order valence-corrected chi connectivity index (χ1v) is 7.56. The number of hydrogen-bond donors (Lipinski definition) is 1. The average molecular weight is 291 g/mol. The van der Waals surface area contributed by atoms with Crippen molar-refractivity contribution in [1.82, 2.24) is 5.32 Å². The van der Waals surface area contributed by atoms with Crippen molar-refractivity contribution in [3.05, 3.63) is 23.8 Å². The monoisotopic (exact) mass is 291 g/mol. The third-order valence-electron chi connectivity index (χ3n) is 3.68. The van der Waals surface area contributed by atoms with Crippen LogP contribution >= 0.6 is 0 Å². The van der Waals surface area contributed by atoms with Crippen molar-refractivity contribution in [3.63, 3.8) is 0 Å². The minimum Gasteiger partial charge on any atom is -0.486 e. The second kappa shape index (κ2) is 6.37. The van der Waals surface area contributed by atoms with E-state index in [0.29, 0.717) is 25.7 Å². The van der Waals surface area contributed by atoms with Crippen LogP contribution in [-0.4, -0.2) is 25.7 Å². The zero-order valence-electron chi connectivity index (χ0n) is 13.4. The molecular formula is C17H25NO3. The van der Waals surface area contributed by atoms with Crippen molar-refractivity contribution in [2.45, 2.75) is 40.0 Å². The molecule has 1 aromatic rings. The normalized spacial score (nSPS) is 15.4. The molecule has 0 spiro atoms. The van der Waals surface area contributed by atoms with E-state index in [1.165, 1.54) is 5.56 Å². The van der Waals surface area contributed by atoms with Crippen molar-refractivity contribution in [2.24, 2.45) is 5.41 Å². The second-order valence-corrected chi connectivity index (χ2v) is 6.60. The first kappa shape index (κ1) is 15.7. The van der Waals surface area contributed by atoms with Gasteiger partial charge in [0, 0.05) is 12.0 Å². The fourth-order valence-electron chi connectivity index (χ4n) is 2.20. The van der Waals surface area contributed by atoms with E-state index >= 15 is 0 Å². The Bertz CT molecular complexity index is 505. The van der Waals surface area contributed by atoms with Gasteiger partial charge in [0.15, 0.2) is 11.5 Å². The molecule has 0 aliphatic carbocycles. The lowest BCUT2D eigenvalue weighted by Gasteiger charge is -2.21. The molecule has 1 heterocycles. The van der Waals surface area contributed by atoms with Crippen LogP contribution in [0.25, 0.3) is 0 Å². The summed E-state index contributed by atoms with van der Waals surface area (Å²) in [5, 5.41) is 2.99. The maximum atomic E-state index is 11.8. The molecule has 2 rings (SSSR count). The lowest BCUT2D eigenvalue weighted by atomic mass is 9.94. The molecule has 4 nitrogen and oxygen atoms in total. The van der Waals surface area contributed by atoms with E-state index in [-0.39, 0.29) is 11.3 Å². The van der Waals surface area contributed by atoms with Crippen molar-refractivity contribution in [2.75, 3.05) is 19.8 Å².